The molecule has 1 fully saturated rings. The number of rotatable bonds is 3. The van der Waals surface area contributed by atoms with Crippen molar-refractivity contribution < 1.29 is 9.90 Å². The summed E-state index contributed by atoms with van der Waals surface area (Å²) in [5, 5.41) is 18.0. The fraction of sp³-hybridized carbons (Fsp3) is 0.429. The molecule has 19 heavy (non-hydrogen) atoms. The number of para-hydroxylation sites is 1. The number of benzene rings is 1. The lowest BCUT2D eigenvalue weighted by atomic mass is 9.78. The molecule has 1 saturated carbocycles. The lowest BCUT2D eigenvalue weighted by Gasteiger charge is -2.28. The van der Waals surface area contributed by atoms with Crippen molar-refractivity contribution in [3.63, 3.8) is 0 Å². The Morgan fingerprint density at radius 1 is 1.21 bits per heavy atom. The number of hydrogen-bond acceptors (Lipinski definition) is 4. The third-order valence-electron chi connectivity index (χ3n) is 3.84. The normalized spacial score (nSPS) is 22.8. The minimum absolute atomic E-state index is 0.0431. The van der Waals surface area contributed by atoms with Crippen molar-refractivity contribution in [2.24, 2.45) is 17.7 Å². The zero-order valence-corrected chi connectivity index (χ0v) is 10.7. The van der Waals surface area contributed by atoms with E-state index in [9.17, 15) is 9.90 Å². The maximum absolute atomic E-state index is 11.4. The number of carbonyl (C=O) groups excluding carboxylic acids is 1. The number of nitrogens with one attached hydrogen (secondary N) is 2. The fourth-order valence-electron chi connectivity index (χ4n) is 2.68. The van der Waals surface area contributed by atoms with Gasteiger partial charge in [-0.05, 0) is 37.8 Å². The van der Waals surface area contributed by atoms with E-state index in [4.69, 9.17) is 11.3 Å². The molecular weight excluding hydrogens is 242 g/mol. The highest BCUT2D eigenvalue weighted by molar-refractivity contribution is 6.02. The van der Waals surface area contributed by atoms with Crippen LogP contribution in [0.3, 0.4) is 0 Å². The van der Waals surface area contributed by atoms with Crippen LogP contribution in [0.2, 0.25) is 0 Å². The third kappa shape index (κ3) is 2.93. The molecule has 0 saturated heterocycles. The van der Waals surface area contributed by atoms with E-state index in [1.165, 1.54) is 0 Å². The monoisotopic (exact) mass is 261 g/mol. The Kier molecular flexibility index (Phi) is 4.16. The van der Waals surface area contributed by atoms with E-state index in [2.05, 4.69) is 5.43 Å². The molecule has 1 aromatic rings. The van der Waals surface area contributed by atoms with Crippen molar-refractivity contribution in [2.75, 3.05) is 0 Å². The van der Waals surface area contributed by atoms with E-state index in [-0.39, 0.29) is 23.5 Å². The lowest BCUT2D eigenvalue weighted by Crippen LogP contribution is -2.38. The van der Waals surface area contributed by atoms with Gasteiger partial charge in [-0.2, -0.15) is 0 Å². The summed E-state index contributed by atoms with van der Waals surface area (Å²) in [6, 6.07) is 6.92. The molecule has 0 radical (unpaired) electrons. The molecule has 5 N–H and O–H groups in total. The minimum Gasteiger partial charge on any atom is -0.507 e. The molecule has 0 bridgehead atoms. The summed E-state index contributed by atoms with van der Waals surface area (Å²) in [6.07, 6.45) is 3.05. The maximum Gasteiger partial charge on any atom is 0.236 e. The maximum atomic E-state index is 11.4. The van der Waals surface area contributed by atoms with Gasteiger partial charge >= 0.3 is 0 Å². The van der Waals surface area contributed by atoms with E-state index in [0.717, 1.165) is 25.7 Å². The summed E-state index contributed by atoms with van der Waals surface area (Å²) < 4.78 is 0. The van der Waals surface area contributed by atoms with Crippen molar-refractivity contribution in [2.45, 2.75) is 25.7 Å². The summed E-state index contributed by atoms with van der Waals surface area (Å²) in [7, 11) is 0. The molecule has 0 spiro atoms. The SMILES string of the molecule is N=C(c1ccccc1O)C1CCC(C(=O)NN)CC1. The number of aromatic hydroxyl groups is 1. The Morgan fingerprint density at radius 3 is 2.37 bits per heavy atom. The average molecular weight is 261 g/mol. The van der Waals surface area contributed by atoms with Crippen LogP contribution >= 0.6 is 0 Å². The van der Waals surface area contributed by atoms with Crippen LogP contribution in [0.4, 0.5) is 0 Å². The van der Waals surface area contributed by atoms with Crippen LogP contribution < -0.4 is 11.3 Å². The summed E-state index contributed by atoms with van der Waals surface area (Å²) >= 11 is 0. The van der Waals surface area contributed by atoms with Gasteiger partial charge < -0.3 is 10.5 Å². The molecule has 102 valence electrons. The topological polar surface area (TPSA) is 99.2 Å². The number of hydrazine groups is 1. The zero-order valence-electron chi connectivity index (χ0n) is 10.7. The van der Waals surface area contributed by atoms with Crippen molar-refractivity contribution in [1.82, 2.24) is 5.43 Å². The van der Waals surface area contributed by atoms with E-state index >= 15 is 0 Å². The first-order valence-corrected chi connectivity index (χ1v) is 6.50. The van der Waals surface area contributed by atoms with Crippen LogP contribution in [-0.4, -0.2) is 16.7 Å². The van der Waals surface area contributed by atoms with Crippen LogP contribution in [0.25, 0.3) is 0 Å². The molecule has 1 aliphatic carbocycles. The van der Waals surface area contributed by atoms with Crippen molar-refractivity contribution in [3.05, 3.63) is 29.8 Å². The molecule has 5 heteroatoms. The predicted molar refractivity (Wildman–Crippen MR) is 72.7 cm³/mol. The minimum atomic E-state index is -0.118. The van der Waals surface area contributed by atoms with E-state index in [0.29, 0.717) is 11.3 Å². The number of phenols is 1. The molecule has 0 heterocycles. The second-order valence-corrected chi connectivity index (χ2v) is 4.99. The van der Waals surface area contributed by atoms with Crippen LogP contribution in [0.1, 0.15) is 31.2 Å². The van der Waals surface area contributed by atoms with E-state index in [1.54, 1.807) is 18.2 Å². The summed E-state index contributed by atoms with van der Waals surface area (Å²) in [5.41, 5.74) is 3.24. The average Bonchev–Trinajstić information content (AvgIpc) is 2.46. The highest BCUT2D eigenvalue weighted by atomic mass is 16.3. The van der Waals surface area contributed by atoms with Crippen molar-refractivity contribution in [1.29, 1.82) is 5.41 Å². The van der Waals surface area contributed by atoms with Gasteiger partial charge in [0, 0.05) is 23.1 Å². The largest absolute Gasteiger partial charge is 0.507 e. The quantitative estimate of drug-likeness (QED) is 0.287. The summed E-state index contributed by atoms with van der Waals surface area (Å²) in [5.74, 6) is 5.23. The van der Waals surface area contributed by atoms with Gasteiger partial charge in [0.25, 0.3) is 0 Å². The molecule has 1 amide bonds. The van der Waals surface area contributed by atoms with Crippen LogP contribution in [-0.2, 0) is 4.79 Å². The van der Waals surface area contributed by atoms with Crippen LogP contribution in [0.15, 0.2) is 24.3 Å². The third-order valence-corrected chi connectivity index (χ3v) is 3.84. The number of nitrogens with two attached hydrogens (primary N) is 1. The Morgan fingerprint density at radius 2 is 1.79 bits per heavy atom. The molecule has 2 rings (SSSR count). The smallest absolute Gasteiger partial charge is 0.236 e. The second-order valence-electron chi connectivity index (χ2n) is 4.99. The van der Waals surface area contributed by atoms with Gasteiger partial charge in [-0.25, -0.2) is 5.84 Å². The summed E-state index contributed by atoms with van der Waals surface area (Å²) in [6.45, 7) is 0. The van der Waals surface area contributed by atoms with Gasteiger partial charge in [0.1, 0.15) is 5.75 Å². The van der Waals surface area contributed by atoms with Crippen LogP contribution in [0, 0.1) is 17.2 Å². The van der Waals surface area contributed by atoms with Gasteiger partial charge in [0.15, 0.2) is 0 Å². The first-order chi connectivity index (χ1) is 9.13. The Balaban J connectivity index is 2.00. The number of hydrogen-bond donors (Lipinski definition) is 4. The Bertz CT molecular complexity index is 479. The van der Waals surface area contributed by atoms with Gasteiger partial charge in [-0.3, -0.25) is 10.2 Å². The summed E-state index contributed by atoms with van der Waals surface area (Å²) in [4.78, 5) is 11.4. The van der Waals surface area contributed by atoms with E-state index in [1.807, 2.05) is 6.07 Å². The molecule has 0 unspecified atom stereocenters. The molecule has 5 nitrogen and oxygen atoms in total. The van der Waals surface area contributed by atoms with E-state index < -0.39 is 0 Å². The number of carbonyl (C=O) groups is 1. The first kappa shape index (κ1) is 13.5. The fourth-order valence-corrected chi connectivity index (χ4v) is 2.68. The van der Waals surface area contributed by atoms with Crippen molar-refractivity contribution in [3.8, 4) is 5.75 Å². The molecule has 0 atom stereocenters. The van der Waals surface area contributed by atoms with Gasteiger partial charge in [-0.15, -0.1) is 0 Å². The lowest BCUT2D eigenvalue weighted by molar-refractivity contribution is -0.126. The highest BCUT2D eigenvalue weighted by Gasteiger charge is 2.28. The van der Waals surface area contributed by atoms with Crippen LogP contribution in [0.5, 0.6) is 5.75 Å². The highest BCUT2D eigenvalue weighted by Crippen LogP contribution is 2.32. The first-order valence-electron chi connectivity index (χ1n) is 6.50. The number of amides is 1. The van der Waals surface area contributed by atoms with Gasteiger partial charge in [-0.1, -0.05) is 12.1 Å². The molecule has 0 aromatic heterocycles. The standard InChI is InChI=1S/C14H19N3O2/c15-13(11-3-1-2-4-12(11)18)9-5-7-10(8-6-9)14(19)17-16/h1-4,9-10,15,18H,5-8,16H2,(H,17,19). The van der Waals surface area contributed by atoms with Gasteiger partial charge in [0.05, 0.1) is 0 Å². The molecule has 1 aliphatic rings. The second kappa shape index (κ2) is 5.84. The Labute approximate surface area is 112 Å². The number of phenolic OH excluding ortho intramolecular Hbond substituents is 1. The van der Waals surface area contributed by atoms with Gasteiger partial charge in [0.2, 0.25) is 5.91 Å². The Hall–Kier alpha value is -1.88. The molecular formula is C14H19N3O2. The molecule has 0 aliphatic heterocycles. The van der Waals surface area contributed by atoms with Crippen molar-refractivity contribution >= 4 is 11.6 Å². The molecule has 1 aromatic carbocycles. The predicted octanol–water partition coefficient (Wildman–Crippen LogP) is 1.56. The zero-order chi connectivity index (χ0) is 13.8.